The maximum atomic E-state index is 14.7. The molecule has 45 heavy (non-hydrogen) atoms. The number of carbonyl (C=O) groups is 1. The van der Waals surface area contributed by atoms with Crippen LogP contribution >= 0.6 is 11.6 Å². The molecule has 5 atom stereocenters. The number of halogens is 3. The summed E-state index contributed by atoms with van der Waals surface area (Å²) in [6.07, 6.45) is 4.27. The minimum Gasteiger partial charge on any atom is -0.474 e. The Morgan fingerprint density at radius 3 is 2.93 bits per heavy atom. The summed E-state index contributed by atoms with van der Waals surface area (Å²) in [6, 6.07) is 9.26. The molecular formula is C34H37ClF2N6O2. The fourth-order valence-electron chi connectivity index (χ4n) is 9.30. The van der Waals surface area contributed by atoms with Crippen LogP contribution in [-0.4, -0.2) is 85.5 Å². The van der Waals surface area contributed by atoms with E-state index >= 15 is 0 Å². The maximum absolute atomic E-state index is 14.7. The molecule has 6 aliphatic rings. The number of rotatable bonds is 4. The minimum absolute atomic E-state index is 0.0576. The number of hydrogen-bond acceptors (Lipinski definition) is 7. The van der Waals surface area contributed by atoms with Gasteiger partial charge in [-0.25, -0.2) is 13.8 Å². The number of nitrogens with zero attached hydrogens (tertiary/aromatic N) is 5. The zero-order valence-electron chi connectivity index (χ0n) is 25.4. The van der Waals surface area contributed by atoms with E-state index in [4.69, 9.17) is 21.3 Å². The van der Waals surface area contributed by atoms with Gasteiger partial charge in [-0.15, -0.1) is 0 Å². The molecule has 0 saturated carbocycles. The van der Waals surface area contributed by atoms with Crippen LogP contribution in [0.4, 0.5) is 25.8 Å². The first-order chi connectivity index (χ1) is 21.8. The number of carbonyl (C=O) groups excluding carboxylic acids is 1. The molecule has 1 N–H and O–H groups in total. The third-order valence-corrected chi connectivity index (χ3v) is 11.7. The lowest BCUT2D eigenvalue weighted by atomic mass is 9.92. The molecule has 0 aliphatic carbocycles. The van der Waals surface area contributed by atoms with E-state index in [1.54, 1.807) is 11.0 Å². The standard InChI is InChI=1S/C34H37ClF2N6O2/c1-40-31-29(43-16-21-7-9-24(38-21)30(43)33(40)44)22-10-13-41(26-5-2-4-19-6-8-23(37)28(35)27(19)26)17-25(22)39-32(31)45-18-34-11-3-12-42(34)15-20(36)14-34/h2,4-6,8,20-21,24,30,38H,3,7,9-18H2,1H3/t20-,21?,24?,30?,34+/m1/s1. The summed E-state index contributed by atoms with van der Waals surface area (Å²) < 4.78 is 36.0. The maximum Gasteiger partial charge on any atom is 0.251 e. The van der Waals surface area contributed by atoms with E-state index in [9.17, 15) is 13.6 Å². The number of likely N-dealkylation sites (N-methyl/N-ethyl adjacent to an activating group) is 1. The third kappa shape index (κ3) is 4.14. The zero-order valence-corrected chi connectivity index (χ0v) is 26.1. The van der Waals surface area contributed by atoms with Gasteiger partial charge in [-0.3, -0.25) is 9.69 Å². The Balaban J connectivity index is 1.16. The highest BCUT2D eigenvalue weighted by Crippen LogP contribution is 2.50. The normalized spacial score (nSPS) is 30.5. The number of pyridine rings is 1. The zero-order chi connectivity index (χ0) is 30.6. The Morgan fingerprint density at radius 1 is 1.16 bits per heavy atom. The molecule has 8 nitrogen and oxygen atoms in total. The Morgan fingerprint density at radius 2 is 2.04 bits per heavy atom. The van der Waals surface area contributed by atoms with Crippen LogP contribution in [0.25, 0.3) is 10.8 Å². The van der Waals surface area contributed by atoms with E-state index in [1.807, 2.05) is 25.2 Å². The molecule has 3 unspecified atom stereocenters. The lowest BCUT2D eigenvalue weighted by molar-refractivity contribution is -0.120. The monoisotopic (exact) mass is 634 g/mol. The molecule has 6 aliphatic heterocycles. The van der Waals surface area contributed by atoms with Crippen molar-refractivity contribution in [2.75, 3.05) is 54.5 Å². The van der Waals surface area contributed by atoms with Crippen molar-refractivity contribution < 1.29 is 18.3 Å². The molecule has 7 heterocycles. The third-order valence-electron chi connectivity index (χ3n) is 11.4. The summed E-state index contributed by atoms with van der Waals surface area (Å²) in [5.41, 5.74) is 4.35. The van der Waals surface area contributed by atoms with Gasteiger partial charge in [0, 0.05) is 61.8 Å². The van der Waals surface area contributed by atoms with Crippen LogP contribution < -0.4 is 24.8 Å². The van der Waals surface area contributed by atoms with Crippen LogP contribution in [0, 0.1) is 5.82 Å². The number of piperazine rings is 1. The van der Waals surface area contributed by atoms with E-state index < -0.39 is 12.0 Å². The summed E-state index contributed by atoms with van der Waals surface area (Å²) in [5, 5.41) is 5.39. The Hall–Kier alpha value is -3.21. The van der Waals surface area contributed by atoms with Gasteiger partial charge in [0.05, 0.1) is 28.5 Å². The highest BCUT2D eigenvalue weighted by Gasteiger charge is 2.52. The number of aromatic nitrogens is 1. The highest BCUT2D eigenvalue weighted by atomic mass is 35.5. The van der Waals surface area contributed by atoms with Crippen molar-refractivity contribution in [3.8, 4) is 5.88 Å². The van der Waals surface area contributed by atoms with Gasteiger partial charge < -0.3 is 24.8 Å². The van der Waals surface area contributed by atoms with Gasteiger partial charge in [0.1, 0.15) is 30.3 Å². The molecule has 236 valence electrons. The van der Waals surface area contributed by atoms with E-state index in [2.05, 4.69) is 20.0 Å². The highest BCUT2D eigenvalue weighted by molar-refractivity contribution is 6.36. The molecule has 2 aromatic carbocycles. The van der Waals surface area contributed by atoms with Crippen LogP contribution in [0.2, 0.25) is 5.02 Å². The molecule has 4 fully saturated rings. The average molecular weight is 635 g/mol. The minimum atomic E-state index is -0.855. The number of benzene rings is 2. The van der Waals surface area contributed by atoms with Crippen LogP contribution in [-0.2, 0) is 17.8 Å². The van der Waals surface area contributed by atoms with Gasteiger partial charge in [0.25, 0.3) is 5.91 Å². The lowest BCUT2D eigenvalue weighted by Gasteiger charge is -2.49. The van der Waals surface area contributed by atoms with E-state index in [-0.39, 0.29) is 28.6 Å². The second-order valence-corrected chi connectivity index (χ2v) is 14.2. The Labute approximate surface area is 266 Å². The van der Waals surface area contributed by atoms with Gasteiger partial charge in [-0.05, 0) is 56.2 Å². The van der Waals surface area contributed by atoms with Gasteiger partial charge in [-0.2, -0.15) is 0 Å². The Bertz CT molecular complexity index is 1740. The molecule has 1 aromatic heterocycles. The van der Waals surface area contributed by atoms with E-state index in [0.29, 0.717) is 56.4 Å². The molecule has 0 spiro atoms. The molecule has 1 amide bonds. The van der Waals surface area contributed by atoms with Gasteiger partial charge in [0.15, 0.2) is 0 Å². The number of nitrogens with one attached hydrogen (secondary N) is 1. The predicted molar refractivity (Wildman–Crippen MR) is 171 cm³/mol. The smallest absolute Gasteiger partial charge is 0.251 e. The van der Waals surface area contributed by atoms with E-state index in [0.717, 1.165) is 72.5 Å². The molecule has 2 bridgehead atoms. The number of hydrogen-bond donors (Lipinski definition) is 1. The summed E-state index contributed by atoms with van der Waals surface area (Å²) in [7, 11) is 1.84. The Kier molecular flexibility index (Phi) is 6.32. The summed E-state index contributed by atoms with van der Waals surface area (Å²) in [4.78, 5) is 27.7. The summed E-state index contributed by atoms with van der Waals surface area (Å²) in [5.74, 6) is 0.0604. The fraction of sp³-hybridized carbons (Fsp3) is 0.529. The molecular weight excluding hydrogens is 598 g/mol. The van der Waals surface area contributed by atoms with Crippen LogP contribution in [0.1, 0.15) is 43.4 Å². The summed E-state index contributed by atoms with van der Waals surface area (Å²) >= 11 is 6.55. The van der Waals surface area contributed by atoms with Gasteiger partial charge in [-0.1, -0.05) is 29.8 Å². The fourth-order valence-corrected chi connectivity index (χ4v) is 9.57. The van der Waals surface area contributed by atoms with Crippen molar-refractivity contribution in [3.63, 3.8) is 0 Å². The molecule has 3 aromatic rings. The quantitative estimate of drug-likeness (QED) is 0.441. The van der Waals surface area contributed by atoms with Crippen molar-refractivity contribution in [2.45, 2.75) is 74.9 Å². The predicted octanol–water partition coefficient (Wildman–Crippen LogP) is 4.83. The van der Waals surface area contributed by atoms with Gasteiger partial charge >= 0.3 is 0 Å². The molecule has 9 rings (SSSR count). The first kappa shape index (κ1) is 28.0. The largest absolute Gasteiger partial charge is 0.474 e. The van der Waals surface area contributed by atoms with Crippen molar-refractivity contribution in [1.82, 2.24) is 15.2 Å². The van der Waals surface area contributed by atoms with Gasteiger partial charge in [0.2, 0.25) is 5.88 Å². The molecule has 11 heteroatoms. The number of amides is 1. The van der Waals surface area contributed by atoms with Crippen LogP contribution in [0.3, 0.4) is 0 Å². The number of ether oxygens (including phenoxy) is 1. The van der Waals surface area contributed by atoms with Crippen LogP contribution in [0.5, 0.6) is 5.88 Å². The number of alkyl halides is 1. The lowest BCUT2D eigenvalue weighted by Crippen LogP contribution is -2.66. The number of anilines is 3. The van der Waals surface area contributed by atoms with Crippen molar-refractivity contribution in [2.24, 2.45) is 0 Å². The number of fused-ring (bicyclic) bond motifs is 10. The van der Waals surface area contributed by atoms with Crippen molar-refractivity contribution in [3.05, 3.63) is 52.4 Å². The topological polar surface area (TPSA) is 64.2 Å². The second-order valence-electron chi connectivity index (χ2n) is 13.9. The molecule has 0 radical (unpaired) electrons. The first-order valence-corrected chi connectivity index (χ1v) is 16.7. The van der Waals surface area contributed by atoms with E-state index in [1.165, 1.54) is 6.07 Å². The first-order valence-electron chi connectivity index (χ1n) is 16.3. The molecule has 4 saturated heterocycles. The SMILES string of the molecule is CN1C(=O)C2C3CCC(CN2c2c4c(nc(OC[C@@]56CCCN5C[C@H](F)C6)c21)CN(c1cccc2ccc(F)c(Cl)c12)CC4)N3. The second kappa shape index (κ2) is 10.1. The average Bonchev–Trinajstić information content (AvgIpc) is 3.70. The van der Waals surface area contributed by atoms with Crippen LogP contribution in [0.15, 0.2) is 30.3 Å². The van der Waals surface area contributed by atoms with Crippen molar-refractivity contribution >= 4 is 45.3 Å². The summed E-state index contributed by atoms with van der Waals surface area (Å²) in [6.45, 7) is 3.62. The van der Waals surface area contributed by atoms with Crippen molar-refractivity contribution in [1.29, 1.82) is 0 Å².